The van der Waals surface area contributed by atoms with Crippen LogP contribution in [0.15, 0.2) is 42.7 Å². The van der Waals surface area contributed by atoms with E-state index in [0.29, 0.717) is 23.6 Å². The Morgan fingerprint density at radius 3 is 2.54 bits per heavy atom. The summed E-state index contributed by atoms with van der Waals surface area (Å²) in [5.41, 5.74) is 1.78. The Labute approximate surface area is 152 Å². The van der Waals surface area contributed by atoms with E-state index in [2.05, 4.69) is 14.8 Å². The third-order valence-electron chi connectivity index (χ3n) is 6.61. The van der Waals surface area contributed by atoms with Gasteiger partial charge in [-0.05, 0) is 61.2 Å². The number of benzene rings is 1. The average molecular weight is 355 g/mol. The van der Waals surface area contributed by atoms with Gasteiger partial charge in [0.25, 0.3) is 0 Å². The zero-order valence-electron chi connectivity index (χ0n) is 14.7. The SMILES string of the molecule is Fc1cccc([C@H]2CN(Cc3ccncc3)[C@@H]3C4CCN(CC4)[C@H]23)c1F. The van der Waals surface area contributed by atoms with Crippen molar-refractivity contribution >= 4 is 0 Å². The minimum Gasteiger partial charge on any atom is -0.298 e. The molecule has 5 heteroatoms. The van der Waals surface area contributed by atoms with E-state index in [0.717, 1.165) is 26.2 Å². The molecule has 6 rings (SSSR count). The molecule has 4 aliphatic rings. The van der Waals surface area contributed by atoms with Gasteiger partial charge in [0.2, 0.25) is 0 Å². The first kappa shape index (κ1) is 16.3. The summed E-state index contributed by atoms with van der Waals surface area (Å²) in [6, 6.07) is 9.45. The van der Waals surface area contributed by atoms with Gasteiger partial charge in [0.1, 0.15) is 0 Å². The number of likely N-dealkylation sites (tertiary alicyclic amines) is 1. The van der Waals surface area contributed by atoms with E-state index in [1.807, 2.05) is 24.5 Å². The smallest absolute Gasteiger partial charge is 0.162 e. The normalized spacial score (nSPS) is 33.4. The Morgan fingerprint density at radius 1 is 1.00 bits per heavy atom. The molecule has 0 saturated carbocycles. The van der Waals surface area contributed by atoms with E-state index in [9.17, 15) is 8.78 Å². The number of hydrogen-bond acceptors (Lipinski definition) is 3. The van der Waals surface area contributed by atoms with Gasteiger partial charge in [-0.2, -0.15) is 0 Å². The predicted molar refractivity (Wildman–Crippen MR) is 95.6 cm³/mol. The summed E-state index contributed by atoms with van der Waals surface area (Å²) in [5, 5.41) is 0. The molecule has 0 aliphatic carbocycles. The molecule has 1 aromatic carbocycles. The van der Waals surface area contributed by atoms with Crippen molar-refractivity contribution in [2.45, 2.75) is 37.4 Å². The molecule has 0 unspecified atom stereocenters. The highest BCUT2D eigenvalue weighted by Crippen LogP contribution is 2.47. The molecule has 5 heterocycles. The van der Waals surface area contributed by atoms with Crippen LogP contribution in [0.2, 0.25) is 0 Å². The largest absolute Gasteiger partial charge is 0.298 e. The van der Waals surface area contributed by atoms with E-state index in [4.69, 9.17) is 0 Å². The standard InChI is InChI=1S/C21H23F2N3/c22-18-3-1-2-16(19(18)23)17-13-26(12-14-4-8-24-9-5-14)20-15-6-10-25(11-7-15)21(17)20/h1-5,8-9,15,17,20-21H,6-7,10-13H2/t17-,20-,21-/m1/s1. The Hall–Kier alpha value is -1.85. The van der Waals surface area contributed by atoms with Gasteiger partial charge in [0, 0.05) is 43.5 Å². The Balaban J connectivity index is 1.51. The van der Waals surface area contributed by atoms with Crippen LogP contribution < -0.4 is 0 Å². The van der Waals surface area contributed by atoms with Crippen molar-refractivity contribution < 1.29 is 8.78 Å². The van der Waals surface area contributed by atoms with Gasteiger partial charge in [0.05, 0.1) is 0 Å². The minimum atomic E-state index is -0.734. The highest BCUT2D eigenvalue weighted by Gasteiger charge is 2.53. The summed E-state index contributed by atoms with van der Waals surface area (Å²) in [4.78, 5) is 9.13. The van der Waals surface area contributed by atoms with Crippen LogP contribution in [0.3, 0.4) is 0 Å². The fourth-order valence-electron chi connectivity index (χ4n) is 5.52. The molecule has 1 aromatic heterocycles. The highest BCUT2D eigenvalue weighted by atomic mass is 19.2. The van der Waals surface area contributed by atoms with Crippen LogP contribution >= 0.6 is 0 Å². The maximum atomic E-state index is 14.6. The van der Waals surface area contributed by atoms with Gasteiger partial charge in [-0.1, -0.05) is 12.1 Å². The summed E-state index contributed by atoms with van der Waals surface area (Å²) in [7, 11) is 0. The minimum absolute atomic E-state index is 0.0284. The molecule has 0 amide bonds. The maximum Gasteiger partial charge on any atom is 0.162 e. The first-order chi connectivity index (χ1) is 12.7. The molecule has 136 valence electrons. The third kappa shape index (κ3) is 2.57. The van der Waals surface area contributed by atoms with Crippen molar-refractivity contribution in [2.24, 2.45) is 5.92 Å². The Bertz CT molecular complexity index is 789. The quantitative estimate of drug-likeness (QED) is 0.841. The lowest BCUT2D eigenvalue weighted by atomic mass is 9.75. The lowest BCUT2D eigenvalue weighted by molar-refractivity contribution is -0.00888. The molecule has 4 saturated heterocycles. The van der Waals surface area contributed by atoms with Crippen molar-refractivity contribution in [3.63, 3.8) is 0 Å². The number of nitrogens with zero attached hydrogens (tertiary/aromatic N) is 3. The van der Waals surface area contributed by atoms with Gasteiger partial charge in [-0.15, -0.1) is 0 Å². The average Bonchev–Trinajstić information content (AvgIpc) is 3.07. The molecule has 4 aliphatic heterocycles. The van der Waals surface area contributed by atoms with Crippen molar-refractivity contribution in [1.82, 2.24) is 14.8 Å². The molecule has 2 bridgehead atoms. The number of hydrogen-bond donors (Lipinski definition) is 0. The van der Waals surface area contributed by atoms with Crippen LogP contribution in [0.1, 0.15) is 29.9 Å². The first-order valence-corrected chi connectivity index (χ1v) is 9.53. The second kappa shape index (κ2) is 6.39. The molecule has 0 spiro atoms. The summed E-state index contributed by atoms with van der Waals surface area (Å²) >= 11 is 0. The molecule has 3 nitrogen and oxygen atoms in total. The second-order valence-corrected chi connectivity index (χ2v) is 7.89. The number of piperidine rings is 3. The van der Waals surface area contributed by atoms with Crippen LogP contribution in [-0.2, 0) is 6.54 Å². The van der Waals surface area contributed by atoms with Gasteiger partial charge in [0.15, 0.2) is 11.6 Å². The van der Waals surface area contributed by atoms with Gasteiger partial charge >= 0.3 is 0 Å². The Kier molecular flexibility index (Phi) is 4.02. The van der Waals surface area contributed by atoms with Crippen LogP contribution in [0, 0.1) is 17.6 Å². The van der Waals surface area contributed by atoms with Crippen LogP contribution in [0.5, 0.6) is 0 Å². The molecule has 3 atom stereocenters. The fourth-order valence-corrected chi connectivity index (χ4v) is 5.52. The second-order valence-electron chi connectivity index (χ2n) is 7.89. The molecule has 0 N–H and O–H groups in total. The van der Waals surface area contributed by atoms with Gasteiger partial charge in [-0.25, -0.2) is 8.78 Å². The molecular weight excluding hydrogens is 332 g/mol. The summed E-state index contributed by atoms with van der Waals surface area (Å²) < 4.78 is 28.5. The Morgan fingerprint density at radius 2 is 1.77 bits per heavy atom. The zero-order chi connectivity index (χ0) is 17.7. The van der Waals surface area contributed by atoms with E-state index >= 15 is 0 Å². The highest BCUT2D eigenvalue weighted by molar-refractivity contribution is 5.29. The van der Waals surface area contributed by atoms with E-state index in [-0.39, 0.29) is 5.92 Å². The van der Waals surface area contributed by atoms with Crippen molar-refractivity contribution in [2.75, 3.05) is 19.6 Å². The topological polar surface area (TPSA) is 19.4 Å². The van der Waals surface area contributed by atoms with Gasteiger partial charge in [-0.3, -0.25) is 14.8 Å². The number of aromatic nitrogens is 1. The monoisotopic (exact) mass is 355 g/mol. The summed E-state index contributed by atoms with van der Waals surface area (Å²) in [6.07, 6.45) is 6.07. The number of fused-ring (bicyclic) bond motifs is 2. The van der Waals surface area contributed by atoms with Crippen LogP contribution in [0.25, 0.3) is 0 Å². The summed E-state index contributed by atoms with van der Waals surface area (Å²) in [6.45, 7) is 3.80. The van der Waals surface area contributed by atoms with Gasteiger partial charge < -0.3 is 0 Å². The molecule has 0 radical (unpaired) electrons. The van der Waals surface area contributed by atoms with Crippen LogP contribution in [-0.4, -0.2) is 46.5 Å². The van der Waals surface area contributed by atoms with Crippen molar-refractivity contribution in [3.8, 4) is 0 Å². The molecule has 2 aromatic rings. The van der Waals surface area contributed by atoms with E-state index in [1.165, 1.54) is 24.5 Å². The van der Waals surface area contributed by atoms with E-state index < -0.39 is 11.6 Å². The third-order valence-corrected chi connectivity index (χ3v) is 6.61. The zero-order valence-corrected chi connectivity index (χ0v) is 14.7. The maximum absolute atomic E-state index is 14.6. The number of rotatable bonds is 3. The molecular formula is C21H23F2N3. The van der Waals surface area contributed by atoms with Crippen LogP contribution in [0.4, 0.5) is 8.78 Å². The lowest BCUT2D eigenvalue weighted by Crippen LogP contribution is -2.60. The number of halogens is 2. The fraction of sp³-hybridized carbons (Fsp3) is 0.476. The first-order valence-electron chi connectivity index (χ1n) is 9.53. The molecule has 4 fully saturated rings. The number of pyridine rings is 1. The van der Waals surface area contributed by atoms with Crippen molar-refractivity contribution in [1.29, 1.82) is 0 Å². The van der Waals surface area contributed by atoms with E-state index in [1.54, 1.807) is 12.1 Å². The van der Waals surface area contributed by atoms with Crippen molar-refractivity contribution in [3.05, 3.63) is 65.5 Å². The predicted octanol–water partition coefficient (Wildman–Crippen LogP) is 3.42. The molecule has 26 heavy (non-hydrogen) atoms. The summed E-state index contributed by atoms with van der Waals surface area (Å²) in [5.74, 6) is -0.707. The lowest BCUT2D eigenvalue weighted by Gasteiger charge is -2.51.